The number of rotatable bonds is 4. The Morgan fingerprint density at radius 2 is 1.02 bits per heavy atom. The summed E-state index contributed by atoms with van der Waals surface area (Å²) in [5, 5.41) is 11.9. The van der Waals surface area contributed by atoms with E-state index in [1.54, 1.807) is 0 Å². The fourth-order valence-electron chi connectivity index (χ4n) is 7.53. The van der Waals surface area contributed by atoms with E-state index in [9.17, 15) is 5.26 Å². The SMILES string of the molecule is N#Cc1ccc(N(c2ccc3c(c2)Cc2c-3cccc2-c2cccc3c2Cc2ccccc2-3)c2cccc3ccccc23)cc1. The fraction of sp³-hybridized carbons (Fsp3) is 0.0465. The van der Waals surface area contributed by atoms with Crippen molar-refractivity contribution < 1.29 is 0 Å². The van der Waals surface area contributed by atoms with Crippen LogP contribution in [0, 0.1) is 11.3 Å². The lowest BCUT2D eigenvalue weighted by atomic mass is 9.90. The van der Waals surface area contributed by atoms with Crippen molar-refractivity contribution in [2.24, 2.45) is 0 Å². The molecule has 0 unspecified atom stereocenters. The van der Waals surface area contributed by atoms with Gasteiger partial charge in [0.2, 0.25) is 0 Å². The molecule has 0 aliphatic heterocycles. The van der Waals surface area contributed by atoms with Gasteiger partial charge >= 0.3 is 0 Å². The number of nitriles is 1. The first kappa shape index (κ1) is 25.6. The number of hydrogen-bond acceptors (Lipinski definition) is 2. The van der Waals surface area contributed by atoms with Gasteiger partial charge in [0.05, 0.1) is 17.3 Å². The van der Waals surface area contributed by atoms with Crippen molar-refractivity contribution in [1.82, 2.24) is 0 Å². The van der Waals surface area contributed by atoms with Gasteiger partial charge in [-0.2, -0.15) is 5.26 Å². The number of anilines is 3. The third kappa shape index (κ3) is 4.02. The molecule has 210 valence electrons. The van der Waals surface area contributed by atoms with E-state index >= 15 is 0 Å². The quantitative estimate of drug-likeness (QED) is 0.210. The van der Waals surface area contributed by atoms with Crippen LogP contribution in [0.5, 0.6) is 0 Å². The molecule has 0 radical (unpaired) electrons. The zero-order valence-electron chi connectivity index (χ0n) is 24.7. The summed E-state index contributed by atoms with van der Waals surface area (Å²) in [6, 6.07) is 54.5. The topological polar surface area (TPSA) is 27.0 Å². The third-order valence-corrected chi connectivity index (χ3v) is 9.58. The summed E-state index contributed by atoms with van der Waals surface area (Å²) in [7, 11) is 0. The van der Waals surface area contributed by atoms with Crippen LogP contribution in [-0.4, -0.2) is 0 Å². The average Bonchev–Trinajstić information content (AvgIpc) is 3.67. The van der Waals surface area contributed by atoms with E-state index in [2.05, 4.69) is 132 Å². The lowest BCUT2D eigenvalue weighted by Gasteiger charge is -2.27. The largest absolute Gasteiger partial charge is 0.310 e. The van der Waals surface area contributed by atoms with Crippen LogP contribution in [0.15, 0.2) is 146 Å². The molecular formula is C43H28N2. The van der Waals surface area contributed by atoms with Crippen molar-refractivity contribution in [3.8, 4) is 39.4 Å². The number of hydrogen-bond donors (Lipinski definition) is 0. The molecule has 0 N–H and O–H groups in total. The first-order valence-electron chi connectivity index (χ1n) is 15.5. The molecule has 9 rings (SSSR count). The van der Waals surface area contributed by atoms with Gasteiger partial charge in [-0.15, -0.1) is 0 Å². The van der Waals surface area contributed by atoms with Crippen LogP contribution in [0.1, 0.15) is 27.8 Å². The summed E-state index contributed by atoms with van der Waals surface area (Å²) in [4.78, 5) is 2.33. The Balaban J connectivity index is 1.16. The molecule has 0 saturated carbocycles. The minimum Gasteiger partial charge on any atom is -0.310 e. The molecule has 0 aromatic heterocycles. The summed E-state index contributed by atoms with van der Waals surface area (Å²) in [6.07, 6.45) is 1.87. The second-order valence-electron chi connectivity index (χ2n) is 12.0. The van der Waals surface area contributed by atoms with E-state index in [0.29, 0.717) is 5.56 Å². The standard InChI is InChI=1S/C43H28N2/c44-27-28-18-20-32(21-19-28)45(43-17-5-10-29-8-1-4-12-36(29)43)33-22-23-35-31(24-33)26-42-38(35)14-7-16-40(42)39-15-6-13-37-34-11-3-2-9-30(34)25-41(37)39/h1-24H,25-26H2. The predicted molar refractivity (Wildman–Crippen MR) is 185 cm³/mol. The Labute approximate surface area is 263 Å². The summed E-state index contributed by atoms with van der Waals surface area (Å²) >= 11 is 0. The van der Waals surface area contributed by atoms with Crippen LogP contribution in [0.25, 0.3) is 44.2 Å². The minimum absolute atomic E-state index is 0.657. The molecule has 2 aliphatic carbocycles. The summed E-state index contributed by atoms with van der Waals surface area (Å²) in [5.74, 6) is 0. The van der Waals surface area contributed by atoms with Crippen molar-refractivity contribution in [3.63, 3.8) is 0 Å². The maximum Gasteiger partial charge on any atom is 0.0991 e. The van der Waals surface area contributed by atoms with Crippen molar-refractivity contribution >= 4 is 27.8 Å². The highest BCUT2D eigenvalue weighted by Crippen LogP contribution is 2.48. The minimum atomic E-state index is 0.657. The zero-order valence-corrected chi connectivity index (χ0v) is 24.7. The monoisotopic (exact) mass is 572 g/mol. The highest BCUT2D eigenvalue weighted by atomic mass is 15.1. The van der Waals surface area contributed by atoms with Crippen molar-refractivity contribution in [1.29, 1.82) is 5.26 Å². The van der Waals surface area contributed by atoms with Crippen LogP contribution in [0.3, 0.4) is 0 Å². The summed E-state index contributed by atoms with van der Waals surface area (Å²) < 4.78 is 0. The van der Waals surface area contributed by atoms with Gasteiger partial charge in [-0.1, -0.05) is 103 Å². The van der Waals surface area contributed by atoms with Crippen LogP contribution in [0.2, 0.25) is 0 Å². The van der Waals surface area contributed by atoms with Crippen LogP contribution in [0.4, 0.5) is 17.1 Å². The lowest BCUT2D eigenvalue weighted by molar-refractivity contribution is 1.22. The normalized spacial score (nSPS) is 12.2. The van der Waals surface area contributed by atoms with Crippen LogP contribution in [-0.2, 0) is 12.8 Å². The lowest BCUT2D eigenvalue weighted by Crippen LogP contribution is -2.11. The molecule has 0 heterocycles. The molecule has 7 aromatic carbocycles. The zero-order chi connectivity index (χ0) is 29.9. The van der Waals surface area contributed by atoms with Gasteiger partial charge < -0.3 is 4.90 Å². The molecule has 0 fully saturated rings. The molecule has 7 aromatic rings. The maximum atomic E-state index is 9.47. The third-order valence-electron chi connectivity index (χ3n) is 9.58. The summed E-state index contributed by atoms with van der Waals surface area (Å²) in [6.45, 7) is 0. The molecule has 2 heteroatoms. The van der Waals surface area contributed by atoms with E-state index < -0.39 is 0 Å². The Morgan fingerprint density at radius 3 is 1.78 bits per heavy atom. The van der Waals surface area contributed by atoms with E-state index in [1.807, 2.05) is 24.3 Å². The molecule has 45 heavy (non-hydrogen) atoms. The molecule has 0 bridgehead atoms. The van der Waals surface area contributed by atoms with Crippen LogP contribution >= 0.6 is 0 Å². The predicted octanol–water partition coefficient (Wildman–Crippen LogP) is 11.0. The van der Waals surface area contributed by atoms with Gasteiger partial charge in [0, 0.05) is 16.8 Å². The number of nitrogens with zero attached hydrogens (tertiary/aromatic N) is 2. The van der Waals surface area contributed by atoms with Crippen molar-refractivity contribution in [2.75, 3.05) is 4.90 Å². The van der Waals surface area contributed by atoms with Gasteiger partial charge in [-0.05, 0) is 116 Å². The Hall–Kier alpha value is -5.91. The maximum absolute atomic E-state index is 9.47. The second-order valence-corrected chi connectivity index (χ2v) is 12.0. The Morgan fingerprint density at radius 1 is 0.467 bits per heavy atom. The number of benzene rings is 7. The second kappa shape index (κ2) is 10.1. The van der Waals surface area contributed by atoms with Gasteiger partial charge in [-0.25, -0.2) is 0 Å². The molecule has 0 spiro atoms. The number of fused-ring (bicyclic) bond motifs is 7. The Bertz CT molecular complexity index is 2330. The molecule has 2 aliphatic rings. The van der Waals surface area contributed by atoms with E-state index in [1.165, 1.54) is 66.4 Å². The van der Waals surface area contributed by atoms with Crippen molar-refractivity contribution in [2.45, 2.75) is 12.8 Å². The smallest absolute Gasteiger partial charge is 0.0991 e. The Kier molecular flexibility index (Phi) is 5.73. The van der Waals surface area contributed by atoms with E-state index in [4.69, 9.17) is 0 Å². The van der Waals surface area contributed by atoms with E-state index in [0.717, 1.165) is 29.9 Å². The first-order valence-corrected chi connectivity index (χ1v) is 15.5. The van der Waals surface area contributed by atoms with Crippen molar-refractivity contribution in [3.05, 3.63) is 173 Å². The van der Waals surface area contributed by atoms with Gasteiger partial charge in [0.1, 0.15) is 0 Å². The molecular weight excluding hydrogens is 544 g/mol. The fourth-order valence-corrected chi connectivity index (χ4v) is 7.53. The van der Waals surface area contributed by atoms with Gasteiger partial charge in [0.15, 0.2) is 0 Å². The van der Waals surface area contributed by atoms with Gasteiger partial charge in [0.25, 0.3) is 0 Å². The average molecular weight is 573 g/mol. The highest BCUT2D eigenvalue weighted by molar-refractivity contribution is 5.99. The van der Waals surface area contributed by atoms with Gasteiger partial charge in [-0.3, -0.25) is 0 Å². The van der Waals surface area contributed by atoms with Crippen LogP contribution < -0.4 is 4.90 Å². The van der Waals surface area contributed by atoms with E-state index in [-0.39, 0.29) is 0 Å². The first-order chi connectivity index (χ1) is 22.3. The molecule has 2 nitrogen and oxygen atoms in total. The molecule has 0 saturated heterocycles. The highest BCUT2D eigenvalue weighted by Gasteiger charge is 2.27. The summed E-state index contributed by atoms with van der Waals surface area (Å²) in [5.41, 5.74) is 17.6. The molecule has 0 atom stereocenters. The molecule has 0 amide bonds.